The van der Waals surface area contributed by atoms with Crippen LogP contribution in [0, 0.1) is 0 Å². The molecule has 2 unspecified atom stereocenters. The van der Waals surface area contributed by atoms with Crippen molar-refractivity contribution in [2.24, 2.45) is 5.10 Å². The maximum absolute atomic E-state index is 5.48. The molecule has 0 spiro atoms. The molecule has 0 radical (unpaired) electrons. The van der Waals surface area contributed by atoms with Crippen molar-refractivity contribution in [2.75, 3.05) is 20.3 Å². The molecule has 1 aliphatic carbocycles. The van der Waals surface area contributed by atoms with Crippen LogP contribution in [-0.2, 0) is 4.74 Å². The molecule has 0 N–H and O–H groups in total. The minimum absolute atomic E-state index is 0.322. The number of nitrogens with zero attached hydrogens (tertiary/aromatic N) is 2. The summed E-state index contributed by atoms with van der Waals surface area (Å²) >= 11 is 2.38. The zero-order valence-electron chi connectivity index (χ0n) is 18.1. The fourth-order valence-electron chi connectivity index (χ4n) is 3.88. The van der Waals surface area contributed by atoms with Crippen LogP contribution in [0.5, 0.6) is 0 Å². The van der Waals surface area contributed by atoms with Gasteiger partial charge in [-0.25, -0.2) is 0 Å². The van der Waals surface area contributed by atoms with Crippen molar-refractivity contribution in [3.8, 4) is 0 Å². The number of hydrazone groups is 1. The third kappa shape index (κ3) is 6.24. The van der Waals surface area contributed by atoms with Crippen molar-refractivity contribution in [2.45, 2.75) is 63.0 Å². The normalized spacial score (nSPS) is 20.9. The summed E-state index contributed by atoms with van der Waals surface area (Å²) in [4.78, 5) is 0. The van der Waals surface area contributed by atoms with Crippen molar-refractivity contribution in [1.29, 1.82) is 0 Å². The molecule has 0 saturated carbocycles. The molecule has 29 heavy (non-hydrogen) atoms. The van der Waals surface area contributed by atoms with E-state index in [1.54, 1.807) is 7.11 Å². The minimum atomic E-state index is 0.322. The van der Waals surface area contributed by atoms with Gasteiger partial charge in [-0.15, -0.1) is 0 Å². The van der Waals surface area contributed by atoms with Crippen molar-refractivity contribution >= 4 is 36.9 Å². The molecule has 0 bridgehead atoms. The van der Waals surface area contributed by atoms with Gasteiger partial charge in [0.05, 0.1) is 0 Å². The Hall–Kier alpha value is -1.00. The zero-order valence-corrected chi connectivity index (χ0v) is 20.7. The van der Waals surface area contributed by atoms with Crippen LogP contribution in [0.15, 0.2) is 57.6 Å². The predicted octanol–water partition coefficient (Wildman–Crippen LogP) is 4.62. The number of methoxy groups -OCH3 is 1. The van der Waals surface area contributed by atoms with Crippen LogP contribution in [0.25, 0.3) is 0 Å². The number of benzene rings is 1. The predicted molar refractivity (Wildman–Crippen MR) is 128 cm³/mol. The first-order valence-corrected chi connectivity index (χ1v) is 13.4. The Balaban J connectivity index is 1.95. The summed E-state index contributed by atoms with van der Waals surface area (Å²) in [6.07, 6.45) is 9.18. The Morgan fingerprint density at radius 1 is 1.31 bits per heavy atom. The average molecular weight is 478 g/mol. The van der Waals surface area contributed by atoms with E-state index in [2.05, 4.69) is 80.0 Å². The molecule has 3 rings (SSSR count). The molecular weight excluding hydrogens is 443 g/mol. The number of rotatable bonds is 10. The van der Waals surface area contributed by atoms with Crippen LogP contribution in [0.3, 0.4) is 0 Å². The van der Waals surface area contributed by atoms with Gasteiger partial charge in [0.1, 0.15) is 0 Å². The number of thioether (sulfide) groups is 1. The number of hydrogen-bond acceptors (Lipinski definition) is 4. The third-order valence-corrected chi connectivity index (χ3v) is 8.98. The summed E-state index contributed by atoms with van der Waals surface area (Å²) in [5, 5.41) is 8.69. The molecule has 5 heteroatoms. The first-order chi connectivity index (χ1) is 14.1. The second kappa shape index (κ2) is 11.4. The average Bonchev–Trinajstić information content (AvgIpc) is 3.35. The molecule has 2 aliphatic rings. The standard InChI is InChI=1S/C24H34N2OSSe/c1-5-22(28-18(2)3)24(25-26-16-10-11-19(26)17-27-4)21-14-9-15-23(21)29-20-12-7-6-8-13-20/h6-9,12-13,15,18-19,22H,5,10-11,14,16-17H2,1-4H3/b25-24-. The Morgan fingerprint density at radius 3 is 2.79 bits per heavy atom. The molecule has 1 heterocycles. The number of ether oxygens (including phenoxy) is 1. The van der Waals surface area contributed by atoms with E-state index in [9.17, 15) is 0 Å². The maximum atomic E-state index is 5.48. The van der Waals surface area contributed by atoms with E-state index < -0.39 is 0 Å². The summed E-state index contributed by atoms with van der Waals surface area (Å²) in [6, 6.07) is 11.3. The van der Waals surface area contributed by atoms with E-state index in [4.69, 9.17) is 9.84 Å². The molecule has 1 aromatic carbocycles. The molecule has 1 saturated heterocycles. The summed E-state index contributed by atoms with van der Waals surface area (Å²) in [6.45, 7) is 8.70. The van der Waals surface area contributed by atoms with Crippen molar-refractivity contribution in [1.82, 2.24) is 5.01 Å². The third-order valence-electron chi connectivity index (χ3n) is 5.22. The van der Waals surface area contributed by atoms with Gasteiger partial charge in [-0.3, -0.25) is 0 Å². The monoisotopic (exact) mass is 478 g/mol. The van der Waals surface area contributed by atoms with E-state index in [0.29, 0.717) is 31.5 Å². The van der Waals surface area contributed by atoms with Gasteiger partial charge in [0.25, 0.3) is 0 Å². The Morgan fingerprint density at radius 2 is 2.10 bits per heavy atom. The van der Waals surface area contributed by atoms with Gasteiger partial charge in [-0.05, 0) is 0 Å². The Labute approximate surface area is 187 Å². The molecule has 0 amide bonds. The van der Waals surface area contributed by atoms with Crippen molar-refractivity contribution in [3.05, 3.63) is 52.5 Å². The quantitative estimate of drug-likeness (QED) is 0.363. The molecule has 1 aliphatic heterocycles. The zero-order chi connectivity index (χ0) is 20.6. The van der Waals surface area contributed by atoms with Crippen molar-refractivity contribution < 1.29 is 4.74 Å². The topological polar surface area (TPSA) is 24.8 Å². The van der Waals surface area contributed by atoms with Crippen LogP contribution in [0.2, 0.25) is 0 Å². The summed E-state index contributed by atoms with van der Waals surface area (Å²) < 4.78 is 8.40. The van der Waals surface area contributed by atoms with E-state index in [0.717, 1.165) is 26.0 Å². The van der Waals surface area contributed by atoms with Gasteiger partial charge in [0.2, 0.25) is 0 Å². The van der Waals surface area contributed by atoms with Gasteiger partial charge in [-0.2, -0.15) is 0 Å². The number of allylic oxidation sites excluding steroid dienone is 4. The molecule has 2 atom stereocenters. The SMILES string of the molecule is CCC(SC(C)C)/C(=N\N1CCCC1COC)C1=C([Se]c2ccccc2)C=CC1. The second-order valence-corrected chi connectivity index (χ2v) is 12.0. The summed E-state index contributed by atoms with van der Waals surface area (Å²) in [7, 11) is 1.80. The molecule has 158 valence electrons. The molecular formula is C24H34N2OSSe. The van der Waals surface area contributed by atoms with Crippen LogP contribution < -0.4 is 4.46 Å². The first kappa shape index (κ1) is 22.7. The molecule has 1 fully saturated rings. The summed E-state index contributed by atoms with van der Waals surface area (Å²) in [5.74, 6) is 0. The first-order valence-electron chi connectivity index (χ1n) is 10.7. The van der Waals surface area contributed by atoms with Crippen molar-refractivity contribution in [3.63, 3.8) is 0 Å². The van der Waals surface area contributed by atoms with Gasteiger partial charge >= 0.3 is 188 Å². The van der Waals surface area contributed by atoms with Gasteiger partial charge in [0.15, 0.2) is 0 Å². The number of hydrogen-bond donors (Lipinski definition) is 0. The van der Waals surface area contributed by atoms with Gasteiger partial charge in [-0.1, -0.05) is 0 Å². The van der Waals surface area contributed by atoms with E-state index in [1.807, 2.05) is 0 Å². The second-order valence-electron chi connectivity index (χ2n) is 7.85. The van der Waals surface area contributed by atoms with Gasteiger partial charge < -0.3 is 0 Å². The van der Waals surface area contributed by atoms with Crippen LogP contribution in [-0.4, -0.2) is 62.5 Å². The van der Waals surface area contributed by atoms with Crippen LogP contribution in [0.4, 0.5) is 0 Å². The van der Waals surface area contributed by atoms with Crippen LogP contribution >= 0.6 is 11.8 Å². The Kier molecular flexibility index (Phi) is 8.92. The van der Waals surface area contributed by atoms with E-state index in [1.165, 1.54) is 33.1 Å². The Bertz CT molecular complexity index is 745. The molecule has 0 aromatic heterocycles. The van der Waals surface area contributed by atoms with Gasteiger partial charge in [0, 0.05) is 0 Å². The molecule has 3 nitrogen and oxygen atoms in total. The molecule has 1 aromatic rings. The van der Waals surface area contributed by atoms with Crippen LogP contribution in [0.1, 0.15) is 46.5 Å². The fraction of sp³-hybridized carbons (Fsp3) is 0.542. The van der Waals surface area contributed by atoms with E-state index >= 15 is 0 Å². The van der Waals surface area contributed by atoms with E-state index in [-0.39, 0.29) is 0 Å². The summed E-state index contributed by atoms with van der Waals surface area (Å²) in [5.41, 5.74) is 2.78. The fourth-order valence-corrected chi connectivity index (χ4v) is 7.19.